The molecule has 1 heterocycles. The van der Waals surface area contributed by atoms with Crippen molar-refractivity contribution in [2.45, 2.75) is 25.1 Å². The number of nitriles is 1. The topological polar surface area (TPSA) is 36.3 Å². The predicted octanol–water partition coefficient (Wildman–Crippen LogP) is 2.89. The minimum Gasteiger partial charge on any atom is -0.495 e. The maximum Gasteiger partial charge on any atom is 0.136 e. The molecule has 0 spiro atoms. The van der Waals surface area contributed by atoms with Crippen LogP contribution in [-0.2, 0) is 6.54 Å². The Balaban J connectivity index is 2.09. The highest BCUT2D eigenvalue weighted by molar-refractivity contribution is 8.00. The van der Waals surface area contributed by atoms with E-state index < -0.39 is 0 Å². The molecular formula is C15H20N2OS. The molecule has 0 bridgehead atoms. The van der Waals surface area contributed by atoms with E-state index in [0.29, 0.717) is 16.1 Å². The number of methoxy groups -OCH3 is 1. The van der Waals surface area contributed by atoms with Gasteiger partial charge < -0.3 is 4.74 Å². The number of hydrogen-bond donors (Lipinski definition) is 0. The summed E-state index contributed by atoms with van der Waals surface area (Å²) in [6.07, 6.45) is 0. The van der Waals surface area contributed by atoms with Crippen molar-refractivity contribution in [1.82, 2.24) is 4.90 Å². The molecule has 1 aliphatic heterocycles. The van der Waals surface area contributed by atoms with Crippen LogP contribution in [0.3, 0.4) is 0 Å². The van der Waals surface area contributed by atoms with Crippen molar-refractivity contribution in [2.24, 2.45) is 0 Å². The summed E-state index contributed by atoms with van der Waals surface area (Å²) in [5.41, 5.74) is 1.80. The van der Waals surface area contributed by atoms with E-state index in [-0.39, 0.29) is 0 Å². The summed E-state index contributed by atoms with van der Waals surface area (Å²) >= 11 is 2.03. The van der Waals surface area contributed by atoms with Crippen molar-refractivity contribution in [2.75, 3.05) is 26.0 Å². The summed E-state index contributed by atoms with van der Waals surface area (Å²) in [6.45, 7) is 7.69. The van der Waals surface area contributed by atoms with E-state index in [4.69, 9.17) is 10.00 Å². The summed E-state index contributed by atoms with van der Waals surface area (Å²) in [5, 5.41) is 9.12. The van der Waals surface area contributed by atoms with Crippen LogP contribution in [0.15, 0.2) is 18.2 Å². The van der Waals surface area contributed by atoms with Crippen LogP contribution in [0.4, 0.5) is 0 Å². The van der Waals surface area contributed by atoms with Gasteiger partial charge in [0, 0.05) is 30.1 Å². The molecule has 1 fully saturated rings. The lowest BCUT2D eigenvalue weighted by Gasteiger charge is -2.37. The molecule has 1 aromatic carbocycles. The standard InChI is InChI=1S/C15H20N2OS/c1-15(2)11-17(6-7-19-15)10-12-4-5-14(18-3)13(8-12)9-16/h4-5,8H,6-7,10-11H2,1-3H3. The van der Waals surface area contributed by atoms with Gasteiger partial charge >= 0.3 is 0 Å². The van der Waals surface area contributed by atoms with Gasteiger partial charge in [0.05, 0.1) is 12.7 Å². The molecule has 0 radical (unpaired) electrons. The number of hydrogen-bond acceptors (Lipinski definition) is 4. The van der Waals surface area contributed by atoms with Gasteiger partial charge in [-0.1, -0.05) is 6.07 Å². The molecular weight excluding hydrogens is 256 g/mol. The van der Waals surface area contributed by atoms with Crippen molar-refractivity contribution in [3.63, 3.8) is 0 Å². The second-order valence-corrected chi connectivity index (χ2v) is 7.27. The third-order valence-electron chi connectivity index (χ3n) is 3.30. The predicted molar refractivity (Wildman–Crippen MR) is 79.5 cm³/mol. The van der Waals surface area contributed by atoms with E-state index in [1.807, 2.05) is 23.9 Å². The summed E-state index contributed by atoms with van der Waals surface area (Å²) < 4.78 is 5.50. The lowest BCUT2D eigenvalue weighted by molar-refractivity contribution is 0.252. The van der Waals surface area contributed by atoms with Crippen LogP contribution in [0.1, 0.15) is 25.0 Å². The molecule has 0 aromatic heterocycles. The molecule has 0 aliphatic carbocycles. The molecule has 0 atom stereocenters. The van der Waals surface area contributed by atoms with Crippen molar-refractivity contribution in [1.29, 1.82) is 5.26 Å². The highest BCUT2D eigenvalue weighted by Gasteiger charge is 2.26. The minimum absolute atomic E-state index is 0.322. The minimum atomic E-state index is 0.322. The Morgan fingerprint density at radius 1 is 1.47 bits per heavy atom. The Bertz CT molecular complexity index is 493. The zero-order valence-corrected chi connectivity index (χ0v) is 12.6. The fourth-order valence-corrected chi connectivity index (χ4v) is 3.62. The number of rotatable bonds is 3. The van der Waals surface area contributed by atoms with Crippen LogP contribution in [0.5, 0.6) is 5.75 Å². The summed E-state index contributed by atoms with van der Waals surface area (Å²) in [6, 6.07) is 8.07. The lowest BCUT2D eigenvalue weighted by Crippen LogP contribution is -2.42. The van der Waals surface area contributed by atoms with E-state index >= 15 is 0 Å². The molecule has 1 aliphatic rings. The average Bonchev–Trinajstić information content (AvgIpc) is 2.37. The first kappa shape index (κ1) is 14.2. The zero-order valence-electron chi connectivity index (χ0n) is 11.8. The summed E-state index contributed by atoms with van der Waals surface area (Å²) in [7, 11) is 1.60. The highest BCUT2D eigenvalue weighted by atomic mass is 32.2. The van der Waals surface area contributed by atoms with E-state index in [0.717, 1.165) is 19.6 Å². The van der Waals surface area contributed by atoms with Crippen molar-refractivity contribution in [3.8, 4) is 11.8 Å². The van der Waals surface area contributed by atoms with E-state index in [1.165, 1.54) is 11.3 Å². The van der Waals surface area contributed by atoms with Crippen LogP contribution >= 0.6 is 11.8 Å². The average molecular weight is 276 g/mol. The van der Waals surface area contributed by atoms with Gasteiger partial charge in [-0.05, 0) is 31.5 Å². The van der Waals surface area contributed by atoms with Gasteiger partial charge in [0.2, 0.25) is 0 Å². The van der Waals surface area contributed by atoms with Crippen molar-refractivity contribution < 1.29 is 4.74 Å². The summed E-state index contributed by atoms with van der Waals surface area (Å²) in [4.78, 5) is 2.46. The highest BCUT2D eigenvalue weighted by Crippen LogP contribution is 2.30. The Labute approximate surface area is 119 Å². The molecule has 2 rings (SSSR count). The van der Waals surface area contributed by atoms with Gasteiger partial charge in [-0.3, -0.25) is 4.90 Å². The molecule has 0 unspecified atom stereocenters. The quantitative estimate of drug-likeness (QED) is 0.850. The fraction of sp³-hybridized carbons (Fsp3) is 0.533. The molecule has 0 N–H and O–H groups in total. The number of benzene rings is 1. The van der Waals surface area contributed by atoms with Gasteiger partial charge in [0.25, 0.3) is 0 Å². The van der Waals surface area contributed by atoms with E-state index in [1.54, 1.807) is 7.11 Å². The smallest absolute Gasteiger partial charge is 0.136 e. The Hall–Kier alpha value is -1.18. The van der Waals surface area contributed by atoms with Gasteiger partial charge in [-0.2, -0.15) is 17.0 Å². The normalized spacial score (nSPS) is 18.8. The Morgan fingerprint density at radius 2 is 2.26 bits per heavy atom. The van der Waals surface area contributed by atoms with Gasteiger partial charge in [0.1, 0.15) is 11.8 Å². The first-order valence-corrected chi connectivity index (χ1v) is 7.46. The third-order valence-corrected chi connectivity index (χ3v) is 4.59. The van der Waals surface area contributed by atoms with Crippen LogP contribution < -0.4 is 4.74 Å². The molecule has 19 heavy (non-hydrogen) atoms. The fourth-order valence-electron chi connectivity index (χ4n) is 2.45. The SMILES string of the molecule is COc1ccc(CN2CCSC(C)(C)C2)cc1C#N. The molecule has 3 nitrogen and oxygen atoms in total. The number of ether oxygens (including phenoxy) is 1. The molecule has 1 aromatic rings. The monoisotopic (exact) mass is 276 g/mol. The van der Waals surface area contributed by atoms with Gasteiger partial charge in [0.15, 0.2) is 0 Å². The third kappa shape index (κ3) is 3.65. The van der Waals surface area contributed by atoms with Gasteiger partial charge in [-0.15, -0.1) is 0 Å². The summed E-state index contributed by atoms with van der Waals surface area (Å²) in [5.74, 6) is 1.83. The van der Waals surface area contributed by atoms with Crippen LogP contribution in [-0.4, -0.2) is 35.6 Å². The van der Waals surface area contributed by atoms with Crippen LogP contribution in [0.25, 0.3) is 0 Å². The Morgan fingerprint density at radius 3 is 2.89 bits per heavy atom. The first-order valence-electron chi connectivity index (χ1n) is 6.47. The number of thioether (sulfide) groups is 1. The largest absolute Gasteiger partial charge is 0.495 e. The van der Waals surface area contributed by atoms with Gasteiger partial charge in [-0.25, -0.2) is 0 Å². The van der Waals surface area contributed by atoms with E-state index in [2.05, 4.69) is 30.9 Å². The Kier molecular flexibility index (Phi) is 4.38. The first-order chi connectivity index (χ1) is 9.04. The van der Waals surface area contributed by atoms with Crippen LogP contribution in [0, 0.1) is 11.3 Å². The zero-order chi connectivity index (χ0) is 13.9. The molecule has 0 saturated carbocycles. The number of nitrogens with zero attached hydrogens (tertiary/aromatic N) is 2. The second kappa shape index (κ2) is 5.85. The lowest BCUT2D eigenvalue weighted by atomic mass is 10.1. The van der Waals surface area contributed by atoms with Crippen molar-refractivity contribution >= 4 is 11.8 Å². The molecule has 0 amide bonds. The molecule has 102 valence electrons. The van der Waals surface area contributed by atoms with Crippen molar-refractivity contribution in [3.05, 3.63) is 29.3 Å². The second-order valence-electron chi connectivity index (χ2n) is 5.47. The maximum absolute atomic E-state index is 9.12. The maximum atomic E-state index is 9.12. The van der Waals surface area contributed by atoms with Crippen LogP contribution in [0.2, 0.25) is 0 Å². The van der Waals surface area contributed by atoms with E-state index in [9.17, 15) is 0 Å². The molecule has 4 heteroatoms. The molecule has 1 saturated heterocycles.